The fourth-order valence-electron chi connectivity index (χ4n) is 3.35. The van der Waals surface area contributed by atoms with Gasteiger partial charge in [-0.3, -0.25) is 9.88 Å². The first-order valence-electron chi connectivity index (χ1n) is 7.53. The average molecular weight is 269 g/mol. The van der Waals surface area contributed by atoms with E-state index in [2.05, 4.69) is 18.7 Å². The molecule has 2 heterocycles. The summed E-state index contributed by atoms with van der Waals surface area (Å²) < 4.78 is 0. The standard InChI is InChI=1S/C17H23N3/c1-12(2)17-8-5-9-20(17)11-13-10-15(18)14-6-3-4-7-16(14)19-13/h3-4,6-7,10,12,17H,5,8-9,11H2,1-2H3,(H2,18,19). The Morgan fingerprint density at radius 1 is 1.35 bits per heavy atom. The predicted molar refractivity (Wildman–Crippen MR) is 84.4 cm³/mol. The van der Waals surface area contributed by atoms with Crippen molar-refractivity contribution in [3.8, 4) is 0 Å². The highest BCUT2D eigenvalue weighted by Crippen LogP contribution is 2.27. The molecule has 0 spiro atoms. The summed E-state index contributed by atoms with van der Waals surface area (Å²) in [7, 11) is 0. The number of likely N-dealkylation sites (tertiary alicyclic amines) is 1. The van der Waals surface area contributed by atoms with Gasteiger partial charge in [0.25, 0.3) is 0 Å². The Bertz CT molecular complexity index is 606. The molecule has 3 heteroatoms. The quantitative estimate of drug-likeness (QED) is 0.928. The van der Waals surface area contributed by atoms with E-state index in [1.807, 2.05) is 30.3 Å². The van der Waals surface area contributed by atoms with Gasteiger partial charge in [-0.25, -0.2) is 0 Å². The summed E-state index contributed by atoms with van der Waals surface area (Å²) in [6.45, 7) is 6.71. The van der Waals surface area contributed by atoms with Crippen LogP contribution in [0.1, 0.15) is 32.4 Å². The molecule has 106 valence electrons. The van der Waals surface area contributed by atoms with Gasteiger partial charge >= 0.3 is 0 Å². The molecule has 1 aliphatic rings. The Morgan fingerprint density at radius 3 is 2.95 bits per heavy atom. The van der Waals surface area contributed by atoms with Crippen LogP contribution < -0.4 is 5.73 Å². The van der Waals surface area contributed by atoms with Gasteiger partial charge in [0.05, 0.1) is 11.2 Å². The van der Waals surface area contributed by atoms with E-state index in [1.165, 1.54) is 19.4 Å². The number of fused-ring (bicyclic) bond motifs is 1. The van der Waals surface area contributed by atoms with E-state index in [-0.39, 0.29) is 0 Å². The number of para-hydroxylation sites is 1. The van der Waals surface area contributed by atoms with Crippen molar-refractivity contribution in [2.24, 2.45) is 5.92 Å². The number of nitrogen functional groups attached to an aromatic ring is 1. The summed E-state index contributed by atoms with van der Waals surface area (Å²) >= 11 is 0. The first-order chi connectivity index (χ1) is 9.65. The van der Waals surface area contributed by atoms with Crippen molar-refractivity contribution in [1.29, 1.82) is 0 Å². The zero-order valence-corrected chi connectivity index (χ0v) is 12.3. The minimum Gasteiger partial charge on any atom is -0.398 e. The van der Waals surface area contributed by atoms with Crippen LogP contribution in [0.4, 0.5) is 5.69 Å². The molecule has 0 saturated carbocycles. The number of nitrogens with zero attached hydrogens (tertiary/aromatic N) is 2. The Kier molecular flexibility index (Phi) is 3.62. The van der Waals surface area contributed by atoms with E-state index in [0.717, 1.165) is 28.8 Å². The van der Waals surface area contributed by atoms with Crippen LogP contribution in [0.5, 0.6) is 0 Å². The number of hydrogen-bond acceptors (Lipinski definition) is 3. The number of rotatable bonds is 3. The van der Waals surface area contributed by atoms with E-state index in [1.54, 1.807) is 0 Å². The smallest absolute Gasteiger partial charge is 0.0726 e. The van der Waals surface area contributed by atoms with Crippen LogP contribution >= 0.6 is 0 Å². The van der Waals surface area contributed by atoms with Gasteiger partial charge in [-0.1, -0.05) is 32.0 Å². The summed E-state index contributed by atoms with van der Waals surface area (Å²) in [4.78, 5) is 7.33. The molecule has 1 unspecified atom stereocenters. The lowest BCUT2D eigenvalue weighted by Crippen LogP contribution is -2.33. The second-order valence-electron chi connectivity index (χ2n) is 6.14. The number of aromatic nitrogens is 1. The third-order valence-corrected chi connectivity index (χ3v) is 4.35. The molecule has 3 nitrogen and oxygen atoms in total. The zero-order valence-electron chi connectivity index (χ0n) is 12.3. The second-order valence-corrected chi connectivity index (χ2v) is 6.14. The van der Waals surface area contributed by atoms with Crippen molar-refractivity contribution < 1.29 is 0 Å². The highest BCUT2D eigenvalue weighted by molar-refractivity contribution is 5.90. The van der Waals surface area contributed by atoms with Crippen molar-refractivity contribution in [2.45, 2.75) is 39.3 Å². The zero-order chi connectivity index (χ0) is 14.1. The normalized spacial score (nSPS) is 20.1. The molecule has 1 aromatic carbocycles. The molecule has 0 amide bonds. The van der Waals surface area contributed by atoms with Gasteiger partial charge in [0.2, 0.25) is 0 Å². The molecule has 3 rings (SSSR count). The van der Waals surface area contributed by atoms with E-state index in [9.17, 15) is 0 Å². The number of pyridine rings is 1. The van der Waals surface area contributed by atoms with Crippen molar-refractivity contribution in [3.63, 3.8) is 0 Å². The van der Waals surface area contributed by atoms with Crippen molar-refractivity contribution in [2.75, 3.05) is 12.3 Å². The van der Waals surface area contributed by atoms with Crippen LogP contribution in [0.2, 0.25) is 0 Å². The maximum absolute atomic E-state index is 6.17. The predicted octanol–water partition coefficient (Wildman–Crippen LogP) is 3.44. The van der Waals surface area contributed by atoms with Crippen molar-refractivity contribution >= 4 is 16.6 Å². The van der Waals surface area contributed by atoms with Crippen LogP contribution in [-0.4, -0.2) is 22.5 Å². The number of benzene rings is 1. The molecule has 0 aliphatic carbocycles. The van der Waals surface area contributed by atoms with Crippen LogP contribution in [0, 0.1) is 5.92 Å². The summed E-state index contributed by atoms with van der Waals surface area (Å²) in [6.07, 6.45) is 2.60. The maximum atomic E-state index is 6.17. The molecular formula is C17H23N3. The van der Waals surface area contributed by atoms with Crippen molar-refractivity contribution in [1.82, 2.24) is 9.88 Å². The summed E-state index contributed by atoms with van der Waals surface area (Å²) in [5.74, 6) is 0.704. The van der Waals surface area contributed by atoms with Gasteiger partial charge in [-0.2, -0.15) is 0 Å². The van der Waals surface area contributed by atoms with E-state index < -0.39 is 0 Å². The number of hydrogen-bond donors (Lipinski definition) is 1. The van der Waals surface area contributed by atoms with E-state index >= 15 is 0 Å². The fourth-order valence-corrected chi connectivity index (χ4v) is 3.35. The highest BCUT2D eigenvalue weighted by atomic mass is 15.2. The van der Waals surface area contributed by atoms with Gasteiger partial charge in [-0.15, -0.1) is 0 Å². The first kappa shape index (κ1) is 13.4. The summed E-state index contributed by atoms with van der Waals surface area (Å²) in [5.41, 5.74) is 9.10. The first-order valence-corrected chi connectivity index (χ1v) is 7.53. The van der Waals surface area contributed by atoms with Crippen molar-refractivity contribution in [3.05, 3.63) is 36.0 Å². The summed E-state index contributed by atoms with van der Waals surface area (Å²) in [6, 6.07) is 10.8. The molecule has 1 atom stereocenters. The fraction of sp³-hybridized carbons (Fsp3) is 0.471. The van der Waals surface area contributed by atoms with Crippen LogP contribution in [0.25, 0.3) is 10.9 Å². The molecule has 2 N–H and O–H groups in total. The third kappa shape index (κ3) is 2.50. The largest absolute Gasteiger partial charge is 0.398 e. The average Bonchev–Trinajstić information content (AvgIpc) is 2.87. The molecule has 1 fully saturated rings. The van der Waals surface area contributed by atoms with Crippen LogP contribution in [0.15, 0.2) is 30.3 Å². The lowest BCUT2D eigenvalue weighted by molar-refractivity contribution is 0.197. The van der Waals surface area contributed by atoms with Crippen LogP contribution in [-0.2, 0) is 6.54 Å². The van der Waals surface area contributed by atoms with Gasteiger partial charge < -0.3 is 5.73 Å². The number of anilines is 1. The molecule has 2 aromatic rings. The molecule has 1 saturated heterocycles. The van der Waals surface area contributed by atoms with Gasteiger partial charge in [0, 0.05) is 23.7 Å². The Balaban J connectivity index is 1.87. The molecular weight excluding hydrogens is 246 g/mol. The van der Waals surface area contributed by atoms with Gasteiger partial charge in [0.15, 0.2) is 0 Å². The Labute approximate surface area is 120 Å². The maximum Gasteiger partial charge on any atom is 0.0726 e. The molecule has 20 heavy (non-hydrogen) atoms. The van der Waals surface area contributed by atoms with E-state index in [0.29, 0.717) is 12.0 Å². The molecule has 0 radical (unpaired) electrons. The van der Waals surface area contributed by atoms with Gasteiger partial charge in [-0.05, 0) is 37.4 Å². The minimum absolute atomic E-state index is 0.685. The highest BCUT2D eigenvalue weighted by Gasteiger charge is 2.27. The van der Waals surface area contributed by atoms with Gasteiger partial charge in [0.1, 0.15) is 0 Å². The second kappa shape index (κ2) is 5.41. The van der Waals surface area contributed by atoms with Crippen LogP contribution in [0.3, 0.4) is 0 Å². The minimum atomic E-state index is 0.685. The third-order valence-electron chi connectivity index (χ3n) is 4.35. The molecule has 1 aliphatic heterocycles. The SMILES string of the molecule is CC(C)C1CCCN1Cc1cc(N)c2ccccc2n1. The molecule has 1 aromatic heterocycles. The Morgan fingerprint density at radius 2 is 2.15 bits per heavy atom. The summed E-state index contributed by atoms with van der Waals surface area (Å²) in [5, 5.41) is 1.05. The van der Waals surface area contributed by atoms with E-state index in [4.69, 9.17) is 10.7 Å². The Hall–Kier alpha value is -1.61. The molecule has 0 bridgehead atoms. The number of nitrogens with two attached hydrogens (primary N) is 1. The monoisotopic (exact) mass is 269 g/mol. The topological polar surface area (TPSA) is 42.1 Å². The lowest BCUT2D eigenvalue weighted by atomic mass is 10.0. The lowest BCUT2D eigenvalue weighted by Gasteiger charge is -2.27.